The molecule has 3 rings (SSSR count). The summed E-state index contributed by atoms with van der Waals surface area (Å²) in [5.74, 6) is 0.226. The lowest BCUT2D eigenvalue weighted by molar-refractivity contribution is 0.0655. The minimum absolute atomic E-state index is 0.0770. The summed E-state index contributed by atoms with van der Waals surface area (Å²) in [6, 6.07) is 6.86. The molecule has 1 aromatic carbocycles. The first kappa shape index (κ1) is 15.5. The Morgan fingerprint density at radius 1 is 1.30 bits per heavy atom. The average Bonchev–Trinajstić information content (AvgIpc) is 2.92. The van der Waals surface area contributed by atoms with E-state index >= 15 is 0 Å². The first-order chi connectivity index (χ1) is 10.9. The van der Waals surface area contributed by atoms with Crippen molar-refractivity contribution in [2.45, 2.75) is 10.4 Å². The number of hydrogen-bond acceptors (Lipinski definition) is 6. The van der Waals surface area contributed by atoms with E-state index in [9.17, 15) is 13.2 Å². The number of amides is 1. The number of aryl methyl sites for hydroxylation is 1. The van der Waals surface area contributed by atoms with Crippen molar-refractivity contribution in [1.82, 2.24) is 19.7 Å². The van der Waals surface area contributed by atoms with Gasteiger partial charge in [0.1, 0.15) is 17.3 Å². The van der Waals surface area contributed by atoms with Gasteiger partial charge in [0.25, 0.3) is 5.91 Å². The van der Waals surface area contributed by atoms with Gasteiger partial charge in [-0.1, -0.05) is 12.1 Å². The largest absolute Gasteiger partial charge is 0.496 e. The number of methoxy groups -OCH3 is 1. The number of ether oxygens (including phenoxy) is 1. The fraction of sp³-hybridized carbons (Fsp3) is 0.357. The summed E-state index contributed by atoms with van der Waals surface area (Å²) in [6.07, 6.45) is 1.34. The normalized spacial score (nSPS) is 15.3. The van der Waals surface area contributed by atoms with Crippen LogP contribution in [0.1, 0.15) is 10.4 Å². The zero-order valence-corrected chi connectivity index (χ0v) is 13.5. The number of carbonyl (C=O) groups is 1. The van der Waals surface area contributed by atoms with E-state index in [0.717, 1.165) is 0 Å². The Morgan fingerprint density at radius 3 is 2.61 bits per heavy atom. The lowest BCUT2D eigenvalue weighted by atomic mass is 10.1. The molecule has 0 unspecified atom stereocenters. The minimum Gasteiger partial charge on any atom is -0.496 e. The molecule has 1 aliphatic rings. The first-order valence-corrected chi connectivity index (χ1v) is 8.50. The van der Waals surface area contributed by atoms with Crippen molar-refractivity contribution in [3.05, 3.63) is 36.2 Å². The van der Waals surface area contributed by atoms with Crippen LogP contribution in [-0.2, 0) is 16.9 Å². The third-order valence-corrected chi connectivity index (χ3v) is 5.89. The monoisotopic (exact) mass is 336 g/mol. The summed E-state index contributed by atoms with van der Waals surface area (Å²) in [5, 5.41) is 6.50. The van der Waals surface area contributed by atoms with E-state index in [0.29, 0.717) is 11.3 Å². The van der Waals surface area contributed by atoms with Crippen molar-refractivity contribution >= 4 is 15.7 Å². The maximum atomic E-state index is 12.5. The van der Waals surface area contributed by atoms with Crippen LogP contribution in [0.5, 0.6) is 5.75 Å². The fourth-order valence-corrected chi connectivity index (χ4v) is 4.13. The first-order valence-electron chi connectivity index (χ1n) is 6.95. The van der Waals surface area contributed by atoms with E-state index in [1.807, 2.05) is 0 Å². The molecule has 0 saturated carbocycles. The van der Waals surface area contributed by atoms with Gasteiger partial charge in [0.15, 0.2) is 0 Å². The van der Waals surface area contributed by atoms with Gasteiger partial charge in [0.05, 0.1) is 12.7 Å². The number of carbonyl (C=O) groups excluding carboxylic acids is 1. The summed E-state index contributed by atoms with van der Waals surface area (Å²) < 4.78 is 31.4. The van der Waals surface area contributed by atoms with E-state index in [2.05, 4.69) is 10.2 Å². The number of para-hydroxylation sites is 1. The molecule has 1 amide bonds. The van der Waals surface area contributed by atoms with Crippen molar-refractivity contribution in [2.75, 3.05) is 20.2 Å². The van der Waals surface area contributed by atoms with E-state index in [-0.39, 0.29) is 24.2 Å². The molecule has 122 valence electrons. The molecule has 0 spiro atoms. The molecule has 23 heavy (non-hydrogen) atoms. The Hall–Kier alpha value is -2.42. The second-order valence-corrected chi connectivity index (χ2v) is 7.42. The number of benzene rings is 1. The highest BCUT2D eigenvalue weighted by atomic mass is 32.2. The lowest BCUT2D eigenvalue weighted by Crippen LogP contribution is -2.57. The third kappa shape index (κ3) is 2.56. The van der Waals surface area contributed by atoms with Gasteiger partial charge < -0.3 is 14.2 Å². The zero-order chi connectivity index (χ0) is 16.6. The van der Waals surface area contributed by atoms with Gasteiger partial charge in [-0.3, -0.25) is 4.79 Å². The lowest BCUT2D eigenvalue weighted by Gasteiger charge is -2.38. The standard InChI is InChI=1S/C14H16N4O4S/c1-17-9-15-16-14(17)23(20,21)10-7-18(8-10)13(19)11-5-3-4-6-12(11)22-2/h3-6,9-10H,7-8H2,1-2H3. The maximum absolute atomic E-state index is 12.5. The number of hydrogen-bond donors (Lipinski definition) is 0. The van der Waals surface area contributed by atoms with Gasteiger partial charge in [0, 0.05) is 20.1 Å². The van der Waals surface area contributed by atoms with Crippen LogP contribution < -0.4 is 4.74 Å². The molecular formula is C14H16N4O4S. The van der Waals surface area contributed by atoms with E-state index in [1.165, 1.54) is 22.9 Å². The highest BCUT2D eigenvalue weighted by Gasteiger charge is 2.43. The summed E-state index contributed by atoms with van der Waals surface area (Å²) in [7, 11) is -0.527. The van der Waals surface area contributed by atoms with Crippen LogP contribution in [0.3, 0.4) is 0 Å². The molecule has 1 fully saturated rings. The Bertz CT molecular complexity index is 840. The average molecular weight is 336 g/mol. The van der Waals surface area contributed by atoms with Gasteiger partial charge >= 0.3 is 0 Å². The van der Waals surface area contributed by atoms with Gasteiger partial charge in [0.2, 0.25) is 15.0 Å². The summed E-state index contributed by atoms with van der Waals surface area (Å²) in [4.78, 5) is 13.9. The van der Waals surface area contributed by atoms with Gasteiger partial charge in [-0.25, -0.2) is 8.42 Å². The minimum atomic E-state index is -3.59. The smallest absolute Gasteiger partial charge is 0.257 e. The maximum Gasteiger partial charge on any atom is 0.257 e. The predicted molar refractivity (Wildman–Crippen MR) is 80.9 cm³/mol. The highest BCUT2D eigenvalue weighted by molar-refractivity contribution is 7.92. The van der Waals surface area contributed by atoms with Crippen LogP contribution in [0.15, 0.2) is 35.7 Å². The number of sulfone groups is 1. The molecule has 2 aromatic rings. The van der Waals surface area contributed by atoms with Crippen LogP contribution in [-0.4, -0.2) is 59.4 Å². The Kier molecular flexibility index (Phi) is 3.80. The third-order valence-electron chi connectivity index (χ3n) is 3.84. The van der Waals surface area contributed by atoms with Crippen LogP contribution in [0, 0.1) is 0 Å². The molecule has 1 aliphatic heterocycles. The second kappa shape index (κ2) is 5.65. The molecule has 0 bridgehead atoms. The molecule has 9 heteroatoms. The molecule has 1 saturated heterocycles. The van der Waals surface area contributed by atoms with Gasteiger partial charge in [-0.2, -0.15) is 0 Å². The number of likely N-dealkylation sites (tertiary alicyclic amines) is 1. The van der Waals surface area contributed by atoms with Gasteiger partial charge in [-0.15, -0.1) is 10.2 Å². The van der Waals surface area contributed by atoms with E-state index in [1.54, 1.807) is 31.3 Å². The SMILES string of the molecule is COc1ccccc1C(=O)N1CC(S(=O)(=O)c2nncn2C)C1. The van der Waals surface area contributed by atoms with Crippen molar-refractivity contribution in [3.8, 4) is 5.75 Å². The van der Waals surface area contributed by atoms with E-state index in [4.69, 9.17) is 4.74 Å². The van der Waals surface area contributed by atoms with Crippen molar-refractivity contribution in [2.24, 2.45) is 7.05 Å². The molecule has 8 nitrogen and oxygen atoms in total. The van der Waals surface area contributed by atoms with Crippen LogP contribution in [0.2, 0.25) is 0 Å². The van der Waals surface area contributed by atoms with Crippen molar-refractivity contribution in [3.63, 3.8) is 0 Å². The quantitative estimate of drug-likeness (QED) is 0.787. The molecule has 2 heterocycles. The van der Waals surface area contributed by atoms with Crippen molar-refractivity contribution < 1.29 is 17.9 Å². The second-order valence-electron chi connectivity index (χ2n) is 5.30. The van der Waals surface area contributed by atoms with E-state index < -0.39 is 15.1 Å². The Balaban J connectivity index is 1.74. The number of rotatable bonds is 4. The molecule has 0 radical (unpaired) electrons. The predicted octanol–water partition coefficient (Wildman–Crippen LogP) is 0.122. The molecule has 1 aromatic heterocycles. The summed E-state index contributed by atoms with van der Waals surface area (Å²) in [6.45, 7) is 0.262. The number of aromatic nitrogens is 3. The highest BCUT2D eigenvalue weighted by Crippen LogP contribution is 2.26. The summed E-state index contributed by atoms with van der Waals surface area (Å²) in [5.41, 5.74) is 0.421. The molecule has 0 N–H and O–H groups in total. The molecule has 0 aliphatic carbocycles. The molecule has 0 atom stereocenters. The number of nitrogens with zero attached hydrogens (tertiary/aromatic N) is 4. The zero-order valence-electron chi connectivity index (χ0n) is 12.7. The fourth-order valence-electron chi connectivity index (χ4n) is 2.47. The summed E-state index contributed by atoms with van der Waals surface area (Å²) >= 11 is 0. The van der Waals surface area contributed by atoms with Gasteiger partial charge in [-0.05, 0) is 12.1 Å². The Labute approximate surface area is 133 Å². The van der Waals surface area contributed by atoms with Crippen LogP contribution >= 0.6 is 0 Å². The van der Waals surface area contributed by atoms with Crippen LogP contribution in [0.25, 0.3) is 0 Å². The van der Waals surface area contributed by atoms with Crippen molar-refractivity contribution in [1.29, 1.82) is 0 Å². The van der Waals surface area contributed by atoms with Crippen LogP contribution in [0.4, 0.5) is 0 Å². The Morgan fingerprint density at radius 2 is 2.00 bits per heavy atom. The molecular weight excluding hydrogens is 320 g/mol. The topological polar surface area (TPSA) is 94.4 Å².